The highest BCUT2D eigenvalue weighted by atomic mass is 32.1. The van der Waals surface area contributed by atoms with Crippen molar-refractivity contribution in [2.75, 3.05) is 13.7 Å². The molecule has 6 nitrogen and oxygen atoms in total. The van der Waals surface area contributed by atoms with Crippen molar-refractivity contribution in [3.8, 4) is 11.5 Å². The van der Waals surface area contributed by atoms with Gasteiger partial charge in [-0.25, -0.2) is 9.98 Å². The molecule has 2 aromatic rings. The summed E-state index contributed by atoms with van der Waals surface area (Å²) in [5.41, 5.74) is 0.536. The van der Waals surface area contributed by atoms with Gasteiger partial charge in [-0.2, -0.15) is 8.78 Å². The molecule has 0 aliphatic carbocycles. The van der Waals surface area contributed by atoms with E-state index in [4.69, 9.17) is 4.74 Å². The lowest BCUT2D eigenvalue weighted by atomic mass is 10.2. The number of aliphatic imine (C=N–C) groups is 1. The first-order valence-corrected chi connectivity index (χ1v) is 8.88. The van der Waals surface area contributed by atoms with E-state index in [-0.39, 0.29) is 12.3 Å². The number of rotatable bonds is 8. The second-order valence-electron chi connectivity index (χ2n) is 5.27. The van der Waals surface area contributed by atoms with Crippen LogP contribution in [0, 0.1) is 6.92 Å². The third-order valence-corrected chi connectivity index (χ3v) is 4.23. The number of hydrogen-bond acceptors (Lipinski definition) is 5. The fourth-order valence-corrected chi connectivity index (χ4v) is 2.87. The third kappa shape index (κ3) is 6.14. The number of methoxy groups -OCH3 is 1. The number of aromatic nitrogens is 1. The summed E-state index contributed by atoms with van der Waals surface area (Å²) in [4.78, 5) is 9.86. The maximum atomic E-state index is 12.6. The van der Waals surface area contributed by atoms with Crippen molar-refractivity contribution < 1.29 is 18.3 Å². The van der Waals surface area contributed by atoms with Crippen molar-refractivity contribution in [1.29, 1.82) is 0 Å². The molecule has 0 aliphatic rings. The largest absolute Gasteiger partial charge is 0.497 e. The van der Waals surface area contributed by atoms with Crippen LogP contribution in [-0.2, 0) is 13.1 Å². The lowest BCUT2D eigenvalue weighted by Gasteiger charge is -2.13. The molecule has 0 unspecified atom stereocenters. The molecule has 0 aliphatic heterocycles. The van der Waals surface area contributed by atoms with Gasteiger partial charge in [0.15, 0.2) is 5.96 Å². The van der Waals surface area contributed by atoms with Crippen molar-refractivity contribution in [3.05, 3.63) is 39.8 Å². The Morgan fingerprint density at radius 2 is 2.15 bits per heavy atom. The Bertz CT molecular complexity index is 737. The van der Waals surface area contributed by atoms with E-state index in [0.29, 0.717) is 30.4 Å². The van der Waals surface area contributed by atoms with Gasteiger partial charge in [-0.3, -0.25) is 0 Å². The maximum Gasteiger partial charge on any atom is 0.387 e. The number of ether oxygens (including phenoxy) is 2. The Morgan fingerprint density at radius 1 is 1.35 bits per heavy atom. The first-order valence-electron chi connectivity index (χ1n) is 8.07. The summed E-state index contributed by atoms with van der Waals surface area (Å²) in [6.07, 6.45) is 1.82. The number of nitrogens with zero attached hydrogens (tertiary/aromatic N) is 2. The van der Waals surface area contributed by atoms with Crippen LogP contribution in [0.5, 0.6) is 11.5 Å². The predicted molar refractivity (Wildman–Crippen MR) is 98.1 cm³/mol. The number of halogens is 2. The average molecular weight is 384 g/mol. The first kappa shape index (κ1) is 19.9. The van der Waals surface area contributed by atoms with Gasteiger partial charge >= 0.3 is 6.61 Å². The van der Waals surface area contributed by atoms with Crippen LogP contribution in [0.2, 0.25) is 0 Å². The molecule has 0 saturated heterocycles. The first-order chi connectivity index (χ1) is 12.5. The Morgan fingerprint density at radius 3 is 2.77 bits per heavy atom. The van der Waals surface area contributed by atoms with Gasteiger partial charge in [-0.15, -0.1) is 11.3 Å². The average Bonchev–Trinajstić information content (AvgIpc) is 3.03. The number of alkyl halides is 2. The van der Waals surface area contributed by atoms with Gasteiger partial charge in [0, 0.05) is 29.2 Å². The number of thiazole rings is 1. The Hall–Kier alpha value is -2.42. The van der Waals surface area contributed by atoms with Crippen LogP contribution in [0.15, 0.2) is 29.4 Å². The smallest absolute Gasteiger partial charge is 0.387 e. The number of guanidine groups is 1. The lowest BCUT2D eigenvalue weighted by molar-refractivity contribution is -0.0505. The monoisotopic (exact) mass is 384 g/mol. The van der Waals surface area contributed by atoms with E-state index < -0.39 is 6.61 Å². The van der Waals surface area contributed by atoms with E-state index in [9.17, 15) is 8.78 Å². The Balaban J connectivity index is 2.09. The molecular weight excluding hydrogens is 362 g/mol. The normalized spacial score (nSPS) is 11.5. The van der Waals surface area contributed by atoms with Crippen LogP contribution in [-0.4, -0.2) is 31.2 Å². The van der Waals surface area contributed by atoms with Crippen LogP contribution in [0.4, 0.5) is 8.78 Å². The van der Waals surface area contributed by atoms with E-state index in [0.717, 1.165) is 9.88 Å². The Labute approximate surface area is 155 Å². The molecule has 1 aromatic carbocycles. The highest BCUT2D eigenvalue weighted by Gasteiger charge is 2.11. The molecule has 9 heteroatoms. The molecule has 0 fully saturated rings. The fraction of sp³-hybridized carbons (Fsp3) is 0.412. The number of nitrogens with one attached hydrogen (secondary N) is 2. The SMILES string of the molecule is CCNC(=NCc1ccc(OC)cc1OC(F)F)NCc1ncc(C)s1. The molecule has 2 rings (SSSR count). The molecule has 0 bridgehead atoms. The molecular formula is C17H22F2N4O2S. The highest BCUT2D eigenvalue weighted by molar-refractivity contribution is 7.11. The summed E-state index contributed by atoms with van der Waals surface area (Å²) in [5, 5.41) is 7.24. The zero-order valence-electron chi connectivity index (χ0n) is 14.9. The topological polar surface area (TPSA) is 67.8 Å². The van der Waals surface area contributed by atoms with Crippen LogP contribution in [0.3, 0.4) is 0 Å². The van der Waals surface area contributed by atoms with E-state index in [2.05, 4.69) is 25.3 Å². The minimum atomic E-state index is -2.91. The summed E-state index contributed by atoms with van der Waals surface area (Å²) < 4.78 is 34.9. The van der Waals surface area contributed by atoms with Gasteiger partial charge in [-0.1, -0.05) is 0 Å². The molecule has 26 heavy (non-hydrogen) atoms. The van der Waals surface area contributed by atoms with E-state index in [1.165, 1.54) is 13.2 Å². The summed E-state index contributed by atoms with van der Waals surface area (Å²) in [6.45, 7) is 2.42. The van der Waals surface area contributed by atoms with E-state index in [1.807, 2.05) is 20.0 Å². The number of aryl methyl sites for hydroxylation is 1. The van der Waals surface area contributed by atoms with Crippen molar-refractivity contribution in [2.45, 2.75) is 33.5 Å². The van der Waals surface area contributed by atoms with E-state index in [1.54, 1.807) is 23.5 Å². The van der Waals surface area contributed by atoms with Gasteiger partial charge < -0.3 is 20.1 Å². The summed E-state index contributed by atoms with van der Waals surface area (Å²) in [6, 6.07) is 4.77. The van der Waals surface area contributed by atoms with Crippen molar-refractivity contribution in [2.24, 2.45) is 4.99 Å². The van der Waals surface area contributed by atoms with Gasteiger partial charge in [0.05, 0.1) is 20.2 Å². The quantitative estimate of drug-likeness (QED) is 0.540. The summed E-state index contributed by atoms with van der Waals surface area (Å²) in [5.74, 6) is 1.06. The molecule has 0 saturated carbocycles. The second kappa shape index (κ2) is 9.91. The summed E-state index contributed by atoms with van der Waals surface area (Å²) >= 11 is 1.60. The molecule has 0 radical (unpaired) electrons. The van der Waals surface area contributed by atoms with Crippen molar-refractivity contribution in [1.82, 2.24) is 15.6 Å². The van der Waals surface area contributed by atoms with Gasteiger partial charge in [0.1, 0.15) is 16.5 Å². The van der Waals surface area contributed by atoms with Gasteiger partial charge in [-0.05, 0) is 26.0 Å². The van der Waals surface area contributed by atoms with Crippen LogP contribution < -0.4 is 20.1 Å². The van der Waals surface area contributed by atoms with Crippen LogP contribution in [0.1, 0.15) is 22.4 Å². The standard InChI is InChI=1S/C17H22F2N4O2S/c1-4-20-17(23-10-15-21-8-11(2)26-15)22-9-12-5-6-13(24-3)7-14(12)25-16(18)19/h5-8,16H,4,9-10H2,1-3H3,(H2,20,22,23). The van der Waals surface area contributed by atoms with Crippen molar-refractivity contribution >= 4 is 17.3 Å². The zero-order chi connectivity index (χ0) is 18.9. The fourth-order valence-electron chi connectivity index (χ4n) is 2.15. The molecule has 1 heterocycles. The maximum absolute atomic E-state index is 12.6. The minimum Gasteiger partial charge on any atom is -0.497 e. The molecule has 0 amide bonds. The molecule has 1 aromatic heterocycles. The van der Waals surface area contributed by atoms with E-state index >= 15 is 0 Å². The van der Waals surface area contributed by atoms with Gasteiger partial charge in [0.2, 0.25) is 0 Å². The Kier molecular flexibility index (Phi) is 7.58. The summed E-state index contributed by atoms with van der Waals surface area (Å²) in [7, 11) is 1.47. The molecule has 0 spiro atoms. The van der Waals surface area contributed by atoms with Gasteiger partial charge in [0.25, 0.3) is 0 Å². The molecule has 142 valence electrons. The van der Waals surface area contributed by atoms with Crippen LogP contribution in [0.25, 0.3) is 0 Å². The number of benzene rings is 1. The third-order valence-electron chi connectivity index (χ3n) is 3.32. The molecule has 0 atom stereocenters. The predicted octanol–water partition coefficient (Wildman–Crippen LogP) is 3.32. The van der Waals surface area contributed by atoms with Crippen LogP contribution >= 0.6 is 11.3 Å². The molecule has 2 N–H and O–H groups in total. The second-order valence-corrected chi connectivity index (χ2v) is 6.58. The lowest BCUT2D eigenvalue weighted by Crippen LogP contribution is -2.36. The van der Waals surface area contributed by atoms with Crippen molar-refractivity contribution in [3.63, 3.8) is 0 Å². The zero-order valence-corrected chi connectivity index (χ0v) is 15.7. The minimum absolute atomic E-state index is 0.0505. The number of hydrogen-bond donors (Lipinski definition) is 2. The highest BCUT2D eigenvalue weighted by Crippen LogP contribution is 2.27.